The van der Waals surface area contributed by atoms with Crippen LogP contribution in [0.15, 0.2) is 18.2 Å². The molecule has 3 N–H and O–H groups in total. The molecular formula is C17H22F2N2O3. The molecule has 1 aromatic carbocycles. The Morgan fingerprint density at radius 1 is 1.12 bits per heavy atom. The van der Waals surface area contributed by atoms with Crippen LogP contribution in [0.1, 0.15) is 31.2 Å². The van der Waals surface area contributed by atoms with Gasteiger partial charge in [0.25, 0.3) is 0 Å². The van der Waals surface area contributed by atoms with Crippen LogP contribution in [0.2, 0.25) is 0 Å². The maximum absolute atomic E-state index is 13.9. The number of hydrogen-bond acceptors (Lipinski definition) is 3. The van der Waals surface area contributed by atoms with Crippen LogP contribution in [0, 0.1) is 11.6 Å². The van der Waals surface area contributed by atoms with Gasteiger partial charge in [-0.3, -0.25) is 0 Å². The molecule has 3 rings (SSSR count). The van der Waals surface area contributed by atoms with Crippen LogP contribution in [-0.2, 0) is 10.2 Å². The third kappa shape index (κ3) is 3.84. The highest BCUT2D eigenvalue weighted by atomic mass is 19.1. The van der Waals surface area contributed by atoms with Crippen molar-refractivity contribution in [1.82, 2.24) is 10.6 Å². The fourth-order valence-electron chi connectivity index (χ4n) is 3.10. The molecule has 1 aromatic rings. The van der Waals surface area contributed by atoms with E-state index in [1.165, 1.54) is 12.1 Å². The van der Waals surface area contributed by atoms with E-state index in [2.05, 4.69) is 10.6 Å². The summed E-state index contributed by atoms with van der Waals surface area (Å²) in [5.41, 5.74) is -0.951. The Labute approximate surface area is 139 Å². The monoisotopic (exact) mass is 340 g/mol. The molecule has 1 saturated heterocycles. The van der Waals surface area contributed by atoms with E-state index in [1.807, 2.05) is 0 Å². The van der Waals surface area contributed by atoms with Crippen molar-refractivity contribution in [1.29, 1.82) is 0 Å². The van der Waals surface area contributed by atoms with E-state index in [0.29, 0.717) is 31.6 Å². The van der Waals surface area contributed by atoms with Crippen LogP contribution >= 0.6 is 0 Å². The summed E-state index contributed by atoms with van der Waals surface area (Å²) in [5, 5.41) is 15.7. The lowest BCUT2D eigenvalue weighted by Gasteiger charge is -2.32. The molecule has 7 heteroatoms. The number of carbonyl (C=O) groups is 1. The minimum atomic E-state index is -0.935. The highest BCUT2D eigenvalue weighted by Crippen LogP contribution is 2.48. The number of ether oxygens (including phenoxy) is 1. The van der Waals surface area contributed by atoms with Crippen molar-refractivity contribution in [2.45, 2.75) is 36.7 Å². The van der Waals surface area contributed by atoms with Gasteiger partial charge in [0.15, 0.2) is 0 Å². The second kappa shape index (κ2) is 6.64. The predicted molar refractivity (Wildman–Crippen MR) is 83.7 cm³/mol. The summed E-state index contributed by atoms with van der Waals surface area (Å²) in [7, 11) is 0. The summed E-state index contributed by atoms with van der Waals surface area (Å²) < 4.78 is 32.2. The van der Waals surface area contributed by atoms with Crippen LogP contribution in [0.3, 0.4) is 0 Å². The standard InChI is InChI=1S/C17H22F2N2O3/c18-12-1-2-13(14(19)9-12)16(3-4-16)10-20-15(22)21-11-17(23)5-7-24-8-6-17/h1-2,9,23H,3-8,10-11H2,(H2,20,21,22). The van der Waals surface area contributed by atoms with Gasteiger partial charge in [0, 0.05) is 50.6 Å². The van der Waals surface area contributed by atoms with Crippen molar-refractivity contribution < 1.29 is 23.4 Å². The van der Waals surface area contributed by atoms with Crippen LogP contribution in [0.25, 0.3) is 0 Å². The zero-order chi connectivity index (χ0) is 17.2. The summed E-state index contributed by atoms with van der Waals surface area (Å²) >= 11 is 0. The average molecular weight is 340 g/mol. The largest absolute Gasteiger partial charge is 0.388 e. The molecule has 1 heterocycles. The van der Waals surface area contributed by atoms with E-state index in [0.717, 1.165) is 18.9 Å². The second-order valence-corrected chi connectivity index (χ2v) is 6.78. The average Bonchev–Trinajstić information content (AvgIpc) is 3.33. The lowest BCUT2D eigenvalue weighted by molar-refractivity contribution is -0.0600. The zero-order valence-electron chi connectivity index (χ0n) is 13.4. The van der Waals surface area contributed by atoms with Gasteiger partial charge in [-0.1, -0.05) is 6.07 Å². The fourth-order valence-corrected chi connectivity index (χ4v) is 3.10. The van der Waals surface area contributed by atoms with Gasteiger partial charge < -0.3 is 20.5 Å². The maximum Gasteiger partial charge on any atom is 0.314 e. The quantitative estimate of drug-likeness (QED) is 0.766. The first-order valence-corrected chi connectivity index (χ1v) is 8.20. The van der Waals surface area contributed by atoms with Crippen LogP contribution in [0.5, 0.6) is 0 Å². The third-order valence-electron chi connectivity index (χ3n) is 4.94. The zero-order valence-corrected chi connectivity index (χ0v) is 13.4. The Morgan fingerprint density at radius 3 is 2.42 bits per heavy atom. The lowest BCUT2D eigenvalue weighted by Crippen LogP contribution is -2.50. The Morgan fingerprint density at radius 2 is 1.79 bits per heavy atom. The molecule has 0 spiro atoms. The van der Waals surface area contributed by atoms with Gasteiger partial charge in [0.05, 0.1) is 5.60 Å². The molecule has 2 fully saturated rings. The summed E-state index contributed by atoms with van der Waals surface area (Å²) in [4.78, 5) is 12.0. The second-order valence-electron chi connectivity index (χ2n) is 6.78. The molecule has 24 heavy (non-hydrogen) atoms. The Balaban J connectivity index is 1.51. The number of aliphatic hydroxyl groups is 1. The van der Waals surface area contributed by atoms with Crippen molar-refractivity contribution in [3.63, 3.8) is 0 Å². The molecule has 1 aliphatic carbocycles. The molecule has 2 aliphatic rings. The molecule has 5 nitrogen and oxygen atoms in total. The number of rotatable bonds is 5. The number of amides is 2. The maximum atomic E-state index is 13.9. The number of urea groups is 1. The van der Waals surface area contributed by atoms with Crippen LogP contribution in [-0.4, -0.2) is 43.0 Å². The van der Waals surface area contributed by atoms with E-state index >= 15 is 0 Å². The molecule has 132 valence electrons. The normalized spacial score (nSPS) is 21.1. The number of halogens is 2. The van der Waals surface area contributed by atoms with Gasteiger partial charge in [-0.15, -0.1) is 0 Å². The molecule has 0 atom stereocenters. The van der Waals surface area contributed by atoms with E-state index in [-0.39, 0.29) is 13.1 Å². The van der Waals surface area contributed by atoms with Crippen molar-refractivity contribution in [3.8, 4) is 0 Å². The van der Waals surface area contributed by atoms with Crippen LogP contribution in [0.4, 0.5) is 13.6 Å². The highest BCUT2D eigenvalue weighted by Gasteiger charge is 2.46. The Hall–Kier alpha value is -1.73. The van der Waals surface area contributed by atoms with Crippen molar-refractivity contribution in [3.05, 3.63) is 35.4 Å². The first kappa shape index (κ1) is 17.1. The minimum absolute atomic E-state index is 0.153. The molecule has 2 amide bonds. The van der Waals surface area contributed by atoms with E-state index < -0.39 is 28.7 Å². The van der Waals surface area contributed by atoms with Gasteiger partial charge in [-0.2, -0.15) is 0 Å². The van der Waals surface area contributed by atoms with Crippen LogP contribution < -0.4 is 10.6 Å². The van der Waals surface area contributed by atoms with Crippen molar-refractivity contribution in [2.24, 2.45) is 0 Å². The molecule has 0 aromatic heterocycles. The summed E-state index contributed by atoms with van der Waals surface area (Å²) in [5.74, 6) is -1.19. The number of hydrogen-bond donors (Lipinski definition) is 3. The minimum Gasteiger partial charge on any atom is -0.388 e. The number of carbonyl (C=O) groups excluding carboxylic acids is 1. The summed E-state index contributed by atoms with van der Waals surface area (Å²) in [6.45, 7) is 1.39. The van der Waals surface area contributed by atoms with E-state index in [1.54, 1.807) is 0 Å². The first-order valence-electron chi connectivity index (χ1n) is 8.20. The molecule has 0 unspecified atom stereocenters. The molecular weight excluding hydrogens is 318 g/mol. The molecule has 1 saturated carbocycles. The van der Waals surface area contributed by atoms with Crippen molar-refractivity contribution in [2.75, 3.05) is 26.3 Å². The fraction of sp³-hybridized carbons (Fsp3) is 0.588. The number of benzene rings is 1. The van der Waals surface area contributed by atoms with Gasteiger partial charge in [-0.25, -0.2) is 13.6 Å². The van der Waals surface area contributed by atoms with Gasteiger partial charge >= 0.3 is 6.03 Å². The summed E-state index contributed by atoms with van der Waals surface area (Å²) in [6, 6.07) is 3.15. The molecule has 0 radical (unpaired) electrons. The van der Waals surface area contributed by atoms with Gasteiger partial charge in [0.1, 0.15) is 11.6 Å². The Bertz CT molecular complexity index is 614. The smallest absolute Gasteiger partial charge is 0.314 e. The van der Waals surface area contributed by atoms with Gasteiger partial charge in [-0.05, 0) is 24.5 Å². The third-order valence-corrected chi connectivity index (χ3v) is 4.94. The van der Waals surface area contributed by atoms with E-state index in [4.69, 9.17) is 4.74 Å². The SMILES string of the molecule is O=C(NCC1(O)CCOCC1)NCC1(c2ccc(F)cc2F)CC1. The molecule has 0 bridgehead atoms. The van der Waals surface area contributed by atoms with Crippen molar-refractivity contribution >= 4 is 6.03 Å². The Kier molecular flexibility index (Phi) is 4.73. The first-order chi connectivity index (χ1) is 11.4. The highest BCUT2D eigenvalue weighted by molar-refractivity contribution is 5.74. The molecule has 1 aliphatic heterocycles. The van der Waals surface area contributed by atoms with E-state index in [9.17, 15) is 18.7 Å². The lowest BCUT2D eigenvalue weighted by atomic mass is 9.94. The van der Waals surface area contributed by atoms with Gasteiger partial charge in [0.2, 0.25) is 0 Å². The summed E-state index contributed by atoms with van der Waals surface area (Å²) in [6.07, 6.45) is 2.46. The predicted octanol–water partition coefficient (Wildman–Crippen LogP) is 1.84. The topological polar surface area (TPSA) is 70.6 Å². The number of nitrogens with one attached hydrogen (secondary N) is 2.